The van der Waals surface area contributed by atoms with Crippen molar-refractivity contribution in [1.29, 1.82) is 0 Å². The Bertz CT molecular complexity index is 418. The lowest BCUT2D eigenvalue weighted by molar-refractivity contribution is 0.217. The van der Waals surface area contributed by atoms with Gasteiger partial charge in [-0.25, -0.2) is 4.79 Å². The maximum absolute atomic E-state index is 12.1. The van der Waals surface area contributed by atoms with Gasteiger partial charge in [-0.05, 0) is 56.8 Å². The number of nitrogens with one attached hydrogen (secondary N) is 1. The summed E-state index contributed by atoms with van der Waals surface area (Å²) in [5, 5.41) is 3.17. The highest BCUT2D eigenvalue weighted by atomic mass is 16.2. The van der Waals surface area contributed by atoms with Crippen LogP contribution in [0.25, 0.3) is 0 Å². The van der Waals surface area contributed by atoms with Gasteiger partial charge in [0.1, 0.15) is 0 Å². The standard InChI is InChI=1S/C14H21N3O/c1-11-2-7-17(9-11)14(18)15-13-8-12-3-5-16(10-13)6-4-12/h2,7,9,12-13H,3-6,8,10H2,1H3,(H,15,18). The number of rotatable bonds is 1. The van der Waals surface area contributed by atoms with E-state index in [-0.39, 0.29) is 6.03 Å². The molecule has 4 nitrogen and oxygen atoms in total. The largest absolute Gasteiger partial charge is 0.333 e. The quantitative estimate of drug-likeness (QED) is 0.822. The fourth-order valence-corrected chi connectivity index (χ4v) is 3.18. The minimum absolute atomic E-state index is 0.00981. The van der Waals surface area contributed by atoms with Crippen molar-refractivity contribution in [2.24, 2.45) is 5.92 Å². The molecule has 1 aromatic rings. The van der Waals surface area contributed by atoms with E-state index >= 15 is 0 Å². The molecule has 0 radical (unpaired) electrons. The maximum Gasteiger partial charge on any atom is 0.325 e. The molecule has 98 valence electrons. The lowest BCUT2D eigenvalue weighted by Gasteiger charge is -2.26. The predicted molar refractivity (Wildman–Crippen MR) is 70.7 cm³/mol. The molecule has 3 aliphatic heterocycles. The molecule has 4 heterocycles. The van der Waals surface area contributed by atoms with E-state index in [1.807, 2.05) is 25.4 Å². The van der Waals surface area contributed by atoms with E-state index in [0.29, 0.717) is 6.04 Å². The van der Waals surface area contributed by atoms with Crippen LogP contribution in [0.5, 0.6) is 0 Å². The van der Waals surface area contributed by atoms with Gasteiger partial charge in [-0.15, -0.1) is 0 Å². The monoisotopic (exact) mass is 247 g/mol. The van der Waals surface area contributed by atoms with Crippen LogP contribution in [-0.2, 0) is 0 Å². The number of carbonyl (C=O) groups excluding carboxylic acids is 1. The minimum atomic E-state index is 0.00981. The van der Waals surface area contributed by atoms with E-state index in [1.165, 1.54) is 25.9 Å². The van der Waals surface area contributed by atoms with Crippen molar-refractivity contribution in [3.63, 3.8) is 0 Å². The number of fused-ring (bicyclic) bond motifs is 4. The van der Waals surface area contributed by atoms with Crippen LogP contribution in [0.15, 0.2) is 18.5 Å². The lowest BCUT2D eigenvalue weighted by atomic mass is 9.94. The zero-order valence-corrected chi connectivity index (χ0v) is 10.9. The highest BCUT2D eigenvalue weighted by molar-refractivity contribution is 5.77. The Morgan fingerprint density at radius 1 is 1.39 bits per heavy atom. The molecule has 4 rings (SSSR count). The van der Waals surface area contributed by atoms with Crippen LogP contribution in [0.1, 0.15) is 24.8 Å². The van der Waals surface area contributed by atoms with Crippen molar-refractivity contribution >= 4 is 6.03 Å². The number of aryl methyl sites for hydroxylation is 1. The molecule has 1 amide bonds. The highest BCUT2D eigenvalue weighted by Gasteiger charge is 2.29. The zero-order chi connectivity index (χ0) is 12.5. The fraction of sp³-hybridized carbons (Fsp3) is 0.643. The number of hydrogen-bond donors (Lipinski definition) is 1. The third kappa shape index (κ3) is 2.43. The Labute approximate surface area is 108 Å². The number of nitrogens with zero attached hydrogens (tertiary/aromatic N) is 2. The summed E-state index contributed by atoms with van der Waals surface area (Å²) in [6.45, 7) is 5.43. The van der Waals surface area contributed by atoms with Gasteiger partial charge < -0.3 is 10.2 Å². The van der Waals surface area contributed by atoms with E-state index in [4.69, 9.17) is 0 Å². The smallest absolute Gasteiger partial charge is 0.325 e. The van der Waals surface area contributed by atoms with E-state index in [1.54, 1.807) is 4.57 Å². The molecule has 3 saturated heterocycles. The molecular formula is C14H21N3O. The Balaban J connectivity index is 1.64. The number of amides is 1. The van der Waals surface area contributed by atoms with Gasteiger partial charge in [0.25, 0.3) is 0 Å². The average Bonchev–Trinajstić information content (AvgIpc) is 2.59. The number of hydrogen-bond acceptors (Lipinski definition) is 2. The molecule has 0 aromatic carbocycles. The molecule has 2 bridgehead atoms. The molecule has 0 spiro atoms. The average molecular weight is 247 g/mol. The van der Waals surface area contributed by atoms with Gasteiger partial charge in [-0.3, -0.25) is 4.57 Å². The highest BCUT2D eigenvalue weighted by Crippen LogP contribution is 2.26. The SMILES string of the molecule is Cc1ccn(C(=O)NC2CC3CCN(CC3)C2)c1. The molecule has 1 N–H and O–H groups in total. The minimum Gasteiger partial charge on any atom is -0.333 e. The number of aromatic nitrogens is 1. The predicted octanol–water partition coefficient (Wildman–Crippen LogP) is 1.84. The second-order valence-corrected chi connectivity index (χ2v) is 5.72. The molecule has 3 fully saturated rings. The van der Waals surface area contributed by atoms with Gasteiger partial charge >= 0.3 is 6.03 Å². The maximum atomic E-state index is 12.1. The third-order valence-corrected chi connectivity index (χ3v) is 4.21. The van der Waals surface area contributed by atoms with Gasteiger partial charge in [0.2, 0.25) is 0 Å². The first kappa shape index (κ1) is 11.8. The molecule has 0 aliphatic carbocycles. The molecule has 0 saturated carbocycles. The van der Waals surface area contributed by atoms with E-state index in [2.05, 4.69) is 10.2 Å². The summed E-state index contributed by atoms with van der Waals surface area (Å²) in [4.78, 5) is 14.6. The second kappa shape index (κ2) is 4.76. The van der Waals surface area contributed by atoms with Gasteiger partial charge in [0.05, 0.1) is 0 Å². The normalized spacial score (nSPS) is 31.1. The van der Waals surface area contributed by atoms with Crippen molar-refractivity contribution in [1.82, 2.24) is 14.8 Å². The zero-order valence-electron chi connectivity index (χ0n) is 10.9. The van der Waals surface area contributed by atoms with Crippen LogP contribution in [-0.4, -0.2) is 41.2 Å². The first-order valence-corrected chi connectivity index (χ1v) is 6.88. The number of piperidine rings is 1. The summed E-state index contributed by atoms with van der Waals surface area (Å²) in [6.07, 6.45) is 7.45. The van der Waals surface area contributed by atoms with Gasteiger partial charge in [0, 0.05) is 25.0 Å². The topological polar surface area (TPSA) is 37.3 Å². The molecular weight excluding hydrogens is 226 g/mol. The Morgan fingerprint density at radius 3 is 2.83 bits per heavy atom. The number of carbonyl (C=O) groups is 1. The van der Waals surface area contributed by atoms with E-state index < -0.39 is 0 Å². The Hall–Kier alpha value is -1.29. The first-order chi connectivity index (χ1) is 8.70. The van der Waals surface area contributed by atoms with Crippen LogP contribution >= 0.6 is 0 Å². The van der Waals surface area contributed by atoms with Crippen LogP contribution in [0.4, 0.5) is 4.79 Å². The molecule has 1 unspecified atom stereocenters. The van der Waals surface area contributed by atoms with E-state index in [0.717, 1.165) is 24.4 Å². The summed E-state index contributed by atoms with van der Waals surface area (Å²) in [7, 11) is 0. The fourth-order valence-electron chi connectivity index (χ4n) is 3.18. The second-order valence-electron chi connectivity index (χ2n) is 5.72. The summed E-state index contributed by atoms with van der Waals surface area (Å²) in [5.74, 6) is 0.806. The Kier molecular flexibility index (Phi) is 3.12. The van der Waals surface area contributed by atoms with Crippen molar-refractivity contribution in [3.8, 4) is 0 Å². The summed E-state index contributed by atoms with van der Waals surface area (Å²) in [6, 6.07) is 2.28. The van der Waals surface area contributed by atoms with Crippen LogP contribution in [0, 0.1) is 12.8 Å². The van der Waals surface area contributed by atoms with Crippen molar-refractivity contribution in [2.75, 3.05) is 19.6 Å². The van der Waals surface area contributed by atoms with Crippen LogP contribution in [0.3, 0.4) is 0 Å². The van der Waals surface area contributed by atoms with Crippen molar-refractivity contribution in [3.05, 3.63) is 24.0 Å². The molecule has 3 aliphatic rings. The van der Waals surface area contributed by atoms with Crippen molar-refractivity contribution in [2.45, 2.75) is 32.2 Å². The van der Waals surface area contributed by atoms with E-state index in [9.17, 15) is 4.79 Å². The van der Waals surface area contributed by atoms with Crippen LogP contribution in [0.2, 0.25) is 0 Å². The van der Waals surface area contributed by atoms with Gasteiger partial charge in [-0.1, -0.05) is 0 Å². The van der Waals surface area contributed by atoms with Gasteiger partial charge in [0.15, 0.2) is 0 Å². The van der Waals surface area contributed by atoms with Gasteiger partial charge in [-0.2, -0.15) is 0 Å². The summed E-state index contributed by atoms with van der Waals surface area (Å²) in [5.41, 5.74) is 1.12. The summed E-state index contributed by atoms with van der Waals surface area (Å²) < 4.78 is 1.65. The lowest BCUT2D eigenvalue weighted by Crippen LogP contribution is -2.43. The Morgan fingerprint density at radius 2 is 2.17 bits per heavy atom. The summed E-state index contributed by atoms with van der Waals surface area (Å²) >= 11 is 0. The van der Waals surface area contributed by atoms with Crippen molar-refractivity contribution < 1.29 is 4.79 Å². The molecule has 1 atom stereocenters. The third-order valence-electron chi connectivity index (χ3n) is 4.21. The van der Waals surface area contributed by atoms with Crippen LogP contribution < -0.4 is 5.32 Å². The first-order valence-electron chi connectivity index (χ1n) is 6.88. The molecule has 18 heavy (non-hydrogen) atoms. The molecule has 1 aromatic heterocycles. The molecule has 4 heteroatoms.